The molecule has 1 rings (SSSR count). The molecule has 0 aromatic carbocycles. The molecule has 0 saturated heterocycles. The van der Waals surface area contributed by atoms with Gasteiger partial charge in [-0.05, 0) is 12.8 Å². The Bertz CT molecular complexity index is 342. The van der Waals surface area contributed by atoms with E-state index < -0.39 is 6.03 Å². The molecular formula is C9H17N5O. The molecule has 1 aromatic heterocycles. The maximum absolute atomic E-state index is 10.6. The minimum atomic E-state index is -0.646. The van der Waals surface area contributed by atoms with Crippen molar-refractivity contribution < 1.29 is 4.79 Å². The Balaban J connectivity index is 2.87. The van der Waals surface area contributed by atoms with Crippen LogP contribution in [0.1, 0.15) is 39.4 Å². The van der Waals surface area contributed by atoms with Gasteiger partial charge in [-0.15, -0.1) is 10.2 Å². The summed E-state index contributed by atoms with van der Waals surface area (Å²) in [5.74, 6) is 1.07. The van der Waals surface area contributed by atoms with Gasteiger partial charge in [0.05, 0.1) is 0 Å². The normalized spacial score (nSPS) is 11.4. The van der Waals surface area contributed by atoms with Crippen LogP contribution < -0.4 is 11.1 Å². The number of H-pyrrole nitrogens is 1. The van der Waals surface area contributed by atoms with E-state index in [1.165, 1.54) is 0 Å². The van der Waals surface area contributed by atoms with Crippen molar-refractivity contribution in [2.45, 2.75) is 39.0 Å². The van der Waals surface area contributed by atoms with E-state index in [-0.39, 0.29) is 5.41 Å². The van der Waals surface area contributed by atoms with Crippen molar-refractivity contribution in [3.63, 3.8) is 0 Å². The first-order valence-corrected chi connectivity index (χ1v) is 5.01. The fourth-order valence-corrected chi connectivity index (χ4v) is 1.29. The summed E-state index contributed by atoms with van der Waals surface area (Å²) in [4.78, 5) is 13.5. The zero-order valence-corrected chi connectivity index (χ0v) is 9.29. The minimum Gasteiger partial charge on any atom is -0.351 e. The van der Waals surface area contributed by atoms with E-state index in [0.29, 0.717) is 5.95 Å². The maximum Gasteiger partial charge on any atom is 0.318 e. The molecule has 0 aliphatic heterocycles. The van der Waals surface area contributed by atoms with Gasteiger partial charge in [-0.25, -0.2) is 4.79 Å². The lowest BCUT2D eigenvalue weighted by Gasteiger charge is -2.22. The van der Waals surface area contributed by atoms with Crippen LogP contribution in [-0.2, 0) is 5.41 Å². The summed E-state index contributed by atoms with van der Waals surface area (Å²) in [5.41, 5.74) is 4.93. The van der Waals surface area contributed by atoms with Gasteiger partial charge in [-0.1, -0.05) is 20.8 Å². The van der Waals surface area contributed by atoms with Crippen LogP contribution in [0, 0.1) is 0 Å². The molecule has 0 bridgehead atoms. The Labute approximate surface area is 88.7 Å². The highest BCUT2D eigenvalue weighted by atomic mass is 16.2. The van der Waals surface area contributed by atoms with Gasteiger partial charge in [0, 0.05) is 5.41 Å². The fourth-order valence-electron chi connectivity index (χ4n) is 1.29. The highest BCUT2D eigenvalue weighted by molar-refractivity contribution is 5.85. The number of nitrogens with two attached hydrogens (primary N) is 1. The standard InChI is InChI=1S/C9H17N5O/c1-4-9(3,5-2)6-11-8(14-13-6)12-7(10)15/h4-5H2,1-3H3,(H4,10,11,12,13,14,15). The molecule has 0 radical (unpaired) electrons. The number of amides is 2. The fraction of sp³-hybridized carbons (Fsp3) is 0.667. The number of carbonyl (C=O) groups is 1. The van der Waals surface area contributed by atoms with E-state index in [9.17, 15) is 4.79 Å². The average molecular weight is 211 g/mol. The molecular weight excluding hydrogens is 194 g/mol. The smallest absolute Gasteiger partial charge is 0.318 e. The SMILES string of the molecule is CCC(C)(CC)c1nnc(NC(N)=O)[nH]1. The number of primary amides is 1. The number of hydrogen-bond acceptors (Lipinski definition) is 3. The lowest BCUT2D eigenvalue weighted by atomic mass is 9.84. The second-order valence-electron chi connectivity index (χ2n) is 3.78. The molecule has 2 amide bonds. The first kappa shape index (κ1) is 11.5. The lowest BCUT2D eigenvalue weighted by Crippen LogP contribution is -2.22. The number of nitrogens with one attached hydrogen (secondary N) is 2. The molecule has 1 heterocycles. The largest absolute Gasteiger partial charge is 0.351 e. The van der Waals surface area contributed by atoms with Crippen LogP contribution in [0.2, 0.25) is 0 Å². The summed E-state index contributed by atoms with van der Waals surface area (Å²) in [7, 11) is 0. The summed E-state index contributed by atoms with van der Waals surface area (Å²) in [6.45, 7) is 6.28. The predicted octanol–water partition coefficient (Wildman–Crippen LogP) is 1.37. The number of urea groups is 1. The third-order valence-electron chi connectivity index (χ3n) is 2.86. The van der Waals surface area contributed by atoms with Crippen LogP contribution >= 0.6 is 0 Å². The van der Waals surface area contributed by atoms with Gasteiger partial charge in [0.25, 0.3) is 0 Å². The molecule has 0 aliphatic rings. The zero-order chi connectivity index (χ0) is 11.5. The third kappa shape index (κ3) is 2.45. The summed E-state index contributed by atoms with van der Waals surface area (Å²) in [6.07, 6.45) is 1.91. The number of hydrogen-bond donors (Lipinski definition) is 3. The minimum absolute atomic E-state index is 0.0371. The van der Waals surface area contributed by atoms with Gasteiger partial charge < -0.3 is 10.7 Å². The van der Waals surface area contributed by atoms with Crippen molar-refractivity contribution in [2.75, 3.05) is 5.32 Å². The van der Waals surface area contributed by atoms with E-state index in [2.05, 4.69) is 41.3 Å². The van der Waals surface area contributed by atoms with E-state index >= 15 is 0 Å². The Morgan fingerprint density at radius 3 is 2.53 bits per heavy atom. The topological polar surface area (TPSA) is 96.7 Å². The molecule has 15 heavy (non-hydrogen) atoms. The molecule has 0 fully saturated rings. The van der Waals surface area contributed by atoms with Gasteiger partial charge in [-0.2, -0.15) is 0 Å². The summed E-state index contributed by atoms with van der Waals surface area (Å²) in [5, 5.41) is 10.2. The number of carbonyl (C=O) groups excluding carboxylic acids is 1. The monoisotopic (exact) mass is 211 g/mol. The molecule has 0 atom stereocenters. The molecule has 0 aliphatic carbocycles. The Kier molecular flexibility index (Phi) is 3.28. The van der Waals surface area contributed by atoms with Crippen LogP contribution in [0.4, 0.5) is 10.7 Å². The van der Waals surface area contributed by atoms with Crippen molar-refractivity contribution in [2.24, 2.45) is 5.73 Å². The summed E-state index contributed by atoms with van der Waals surface area (Å²) in [6, 6.07) is -0.646. The number of rotatable bonds is 4. The van der Waals surface area contributed by atoms with Crippen molar-refractivity contribution in [1.29, 1.82) is 0 Å². The Hall–Kier alpha value is -1.59. The highest BCUT2D eigenvalue weighted by Gasteiger charge is 2.26. The first-order chi connectivity index (χ1) is 7.01. The molecule has 6 heteroatoms. The summed E-state index contributed by atoms with van der Waals surface area (Å²) < 4.78 is 0. The van der Waals surface area contributed by atoms with Crippen molar-refractivity contribution in [1.82, 2.24) is 15.2 Å². The van der Waals surface area contributed by atoms with E-state index in [1.54, 1.807) is 0 Å². The van der Waals surface area contributed by atoms with E-state index in [4.69, 9.17) is 5.73 Å². The average Bonchev–Trinajstić information content (AvgIpc) is 2.64. The second kappa shape index (κ2) is 4.29. The number of nitrogens with zero attached hydrogens (tertiary/aromatic N) is 2. The van der Waals surface area contributed by atoms with Crippen molar-refractivity contribution in [3.05, 3.63) is 5.82 Å². The van der Waals surface area contributed by atoms with E-state index in [0.717, 1.165) is 18.7 Å². The van der Waals surface area contributed by atoms with Crippen LogP contribution in [-0.4, -0.2) is 21.2 Å². The molecule has 0 saturated carbocycles. The first-order valence-electron chi connectivity index (χ1n) is 5.01. The van der Waals surface area contributed by atoms with Gasteiger partial charge in [0.15, 0.2) is 0 Å². The Morgan fingerprint density at radius 1 is 1.47 bits per heavy atom. The molecule has 0 spiro atoms. The maximum atomic E-state index is 10.6. The Morgan fingerprint density at radius 2 is 2.07 bits per heavy atom. The van der Waals surface area contributed by atoms with E-state index in [1.807, 2.05) is 0 Å². The predicted molar refractivity (Wildman–Crippen MR) is 57.5 cm³/mol. The molecule has 6 nitrogen and oxygen atoms in total. The molecule has 4 N–H and O–H groups in total. The second-order valence-corrected chi connectivity index (χ2v) is 3.78. The van der Waals surface area contributed by atoms with Gasteiger partial charge >= 0.3 is 6.03 Å². The lowest BCUT2D eigenvalue weighted by molar-refractivity contribution is 0.259. The van der Waals surface area contributed by atoms with Gasteiger partial charge in [-0.3, -0.25) is 5.32 Å². The van der Waals surface area contributed by atoms with Crippen LogP contribution in [0.3, 0.4) is 0 Å². The number of aromatic nitrogens is 3. The molecule has 84 valence electrons. The van der Waals surface area contributed by atoms with Crippen LogP contribution in [0.25, 0.3) is 0 Å². The van der Waals surface area contributed by atoms with Gasteiger partial charge in [0.2, 0.25) is 5.95 Å². The van der Waals surface area contributed by atoms with Crippen molar-refractivity contribution in [3.8, 4) is 0 Å². The molecule has 0 unspecified atom stereocenters. The van der Waals surface area contributed by atoms with Crippen LogP contribution in [0.15, 0.2) is 0 Å². The highest BCUT2D eigenvalue weighted by Crippen LogP contribution is 2.28. The number of aromatic amines is 1. The van der Waals surface area contributed by atoms with Crippen molar-refractivity contribution >= 4 is 12.0 Å². The summed E-state index contributed by atoms with van der Waals surface area (Å²) >= 11 is 0. The quantitative estimate of drug-likeness (QED) is 0.701. The van der Waals surface area contributed by atoms with Gasteiger partial charge in [0.1, 0.15) is 5.82 Å². The van der Waals surface area contributed by atoms with Crippen LogP contribution in [0.5, 0.6) is 0 Å². The third-order valence-corrected chi connectivity index (χ3v) is 2.86. The number of anilines is 1. The zero-order valence-electron chi connectivity index (χ0n) is 9.29. The molecule has 1 aromatic rings.